The minimum Gasteiger partial charge on any atom is -0.362 e. The second kappa shape index (κ2) is 10.3. The van der Waals surface area contributed by atoms with Crippen molar-refractivity contribution in [2.24, 2.45) is 4.99 Å². The molecule has 1 N–H and O–H groups in total. The molecule has 3 nitrogen and oxygen atoms in total. The van der Waals surface area contributed by atoms with Crippen molar-refractivity contribution < 1.29 is 0 Å². The molecule has 0 aliphatic rings. The third-order valence-electron chi connectivity index (χ3n) is 7.46. The second-order valence-corrected chi connectivity index (χ2v) is 9.37. The summed E-state index contributed by atoms with van der Waals surface area (Å²) in [6.45, 7) is 13.6. The number of amidine groups is 2. The summed E-state index contributed by atoms with van der Waals surface area (Å²) in [6, 6.07) is 17.1. The predicted molar refractivity (Wildman–Crippen MR) is 136 cm³/mol. The zero-order chi connectivity index (χ0) is 23.2. The number of nitrogens with one attached hydrogen (secondary N) is 1. The van der Waals surface area contributed by atoms with Crippen molar-refractivity contribution in [1.82, 2.24) is 4.90 Å². The van der Waals surface area contributed by atoms with Crippen molar-refractivity contribution in [2.45, 2.75) is 78.1 Å². The molecule has 168 valence electrons. The van der Waals surface area contributed by atoms with Gasteiger partial charge in [-0.25, -0.2) is 4.99 Å². The maximum atomic E-state index is 8.61. The summed E-state index contributed by atoms with van der Waals surface area (Å²) in [4.78, 5) is 6.69. The molecule has 0 bridgehead atoms. The van der Waals surface area contributed by atoms with Crippen LogP contribution in [0.25, 0.3) is 0 Å². The molecule has 0 spiro atoms. The van der Waals surface area contributed by atoms with Gasteiger partial charge in [-0.1, -0.05) is 90.1 Å². The zero-order valence-corrected chi connectivity index (χ0v) is 20.8. The highest BCUT2D eigenvalue weighted by Crippen LogP contribution is 2.32. The van der Waals surface area contributed by atoms with Crippen LogP contribution in [0.5, 0.6) is 0 Å². The lowest BCUT2D eigenvalue weighted by Gasteiger charge is -2.28. The number of rotatable bonds is 8. The lowest BCUT2D eigenvalue weighted by Crippen LogP contribution is -2.25. The Morgan fingerprint density at radius 2 is 1.06 bits per heavy atom. The van der Waals surface area contributed by atoms with Gasteiger partial charge in [-0.05, 0) is 47.6 Å². The normalized spacial score (nSPS) is 12.7. The smallest absolute Gasteiger partial charge is 0.154 e. The predicted octanol–water partition coefficient (Wildman–Crippen LogP) is 7.18. The fraction of sp³-hybridized carbons (Fsp3) is 0.500. The Labute approximate surface area is 190 Å². The van der Waals surface area contributed by atoms with Crippen LogP contribution in [0.1, 0.15) is 89.5 Å². The zero-order valence-electron chi connectivity index (χ0n) is 20.8. The highest BCUT2D eigenvalue weighted by atomic mass is 15.1. The highest BCUT2D eigenvalue weighted by Gasteiger charge is 2.23. The van der Waals surface area contributed by atoms with Crippen LogP contribution in [0.15, 0.2) is 53.5 Å². The molecule has 31 heavy (non-hydrogen) atoms. The quantitative estimate of drug-likeness (QED) is 0.357. The number of nitrogens with zero attached hydrogens (tertiary/aromatic N) is 2. The molecule has 2 aromatic rings. The fourth-order valence-corrected chi connectivity index (χ4v) is 3.96. The van der Waals surface area contributed by atoms with E-state index in [1.54, 1.807) is 0 Å². The Bertz CT molecular complexity index is 881. The van der Waals surface area contributed by atoms with E-state index in [1.807, 2.05) is 31.1 Å². The van der Waals surface area contributed by atoms with Gasteiger partial charge < -0.3 is 4.90 Å². The van der Waals surface area contributed by atoms with Crippen molar-refractivity contribution in [3.05, 3.63) is 70.8 Å². The summed E-state index contributed by atoms with van der Waals surface area (Å²) in [5.74, 6) is 1.10. The van der Waals surface area contributed by atoms with Gasteiger partial charge in [-0.2, -0.15) is 0 Å². The number of hydrogen-bond donors (Lipinski definition) is 1. The molecule has 0 heterocycles. The Morgan fingerprint density at radius 3 is 1.39 bits per heavy atom. The lowest BCUT2D eigenvalue weighted by molar-refractivity contribution is 0.439. The number of benzene rings is 2. The molecular formula is C28H41N3. The molecule has 0 fully saturated rings. The maximum absolute atomic E-state index is 8.61. The molecule has 0 aliphatic heterocycles. The van der Waals surface area contributed by atoms with Gasteiger partial charge in [0, 0.05) is 25.2 Å². The SMILES string of the molecule is CCC(C)(CC)c1ccc(C(=N)/N=C(/c2ccc(C(C)(CC)CC)cc2)N(C)C)cc1. The molecule has 0 saturated carbocycles. The van der Waals surface area contributed by atoms with E-state index in [-0.39, 0.29) is 10.8 Å². The summed E-state index contributed by atoms with van der Waals surface area (Å²) in [5.41, 5.74) is 4.96. The molecule has 0 amide bonds. The molecule has 2 rings (SSSR count). The Kier molecular flexibility index (Phi) is 8.22. The Balaban J connectivity index is 2.33. The van der Waals surface area contributed by atoms with Crippen molar-refractivity contribution >= 4 is 11.7 Å². The van der Waals surface area contributed by atoms with E-state index in [0.717, 1.165) is 42.6 Å². The highest BCUT2D eigenvalue weighted by molar-refractivity contribution is 6.10. The first-order valence-electron chi connectivity index (χ1n) is 11.7. The molecular weight excluding hydrogens is 378 g/mol. The molecule has 3 heteroatoms. The minimum absolute atomic E-state index is 0.187. The van der Waals surface area contributed by atoms with E-state index in [1.165, 1.54) is 11.1 Å². The van der Waals surface area contributed by atoms with E-state index in [0.29, 0.717) is 5.84 Å². The van der Waals surface area contributed by atoms with Crippen LogP contribution < -0.4 is 0 Å². The van der Waals surface area contributed by atoms with Crippen LogP contribution in [-0.4, -0.2) is 30.7 Å². The van der Waals surface area contributed by atoms with Crippen LogP contribution in [0.4, 0.5) is 0 Å². The minimum atomic E-state index is 0.187. The summed E-state index contributed by atoms with van der Waals surface area (Å²) < 4.78 is 0. The summed E-state index contributed by atoms with van der Waals surface area (Å²) in [6.07, 6.45) is 4.45. The van der Waals surface area contributed by atoms with E-state index in [9.17, 15) is 0 Å². The van der Waals surface area contributed by atoms with Gasteiger partial charge in [0.15, 0.2) is 5.84 Å². The third-order valence-corrected chi connectivity index (χ3v) is 7.46. The van der Waals surface area contributed by atoms with Crippen molar-refractivity contribution in [1.29, 1.82) is 5.41 Å². The van der Waals surface area contributed by atoms with E-state index >= 15 is 0 Å². The van der Waals surface area contributed by atoms with Gasteiger partial charge in [0.2, 0.25) is 0 Å². The van der Waals surface area contributed by atoms with Crippen molar-refractivity contribution in [3.63, 3.8) is 0 Å². The lowest BCUT2D eigenvalue weighted by atomic mass is 9.77. The largest absolute Gasteiger partial charge is 0.362 e. The van der Waals surface area contributed by atoms with E-state index in [4.69, 9.17) is 10.4 Å². The first-order valence-corrected chi connectivity index (χ1v) is 11.7. The van der Waals surface area contributed by atoms with Crippen molar-refractivity contribution in [2.75, 3.05) is 14.1 Å². The Morgan fingerprint density at radius 1 is 0.710 bits per heavy atom. The van der Waals surface area contributed by atoms with Crippen LogP contribution in [0, 0.1) is 5.41 Å². The molecule has 2 aromatic carbocycles. The van der Waals surface area contributed by atoms with Crippen molar-refractivity contribution in [3.8, 4) is 0 Å². The van der Waals surface area contributed by atoms with Crippen LogP contribution in [0.2, 0.25) is 0 Å². The molecule has 0 saturated heterocycles. The third kappa shape index (κ3) is 5.44. The first-order chi connectivity index (χ1) is 14.6. The van der Waals surface area contributed by atoms with E-state index < -0.39 is 0 Å². The summed E-state index contributed by atoms with van der Waals surface area (Å²) >= 11 is 0. The van der Waals surface area contributed by atoms with Gasteiger partial charge in [-0.15, -0.1) is 0 Å². The fourth-order valence-electron chi connectivity index (χ4n) is 3.96. The van der Waals surface area contributed by atoms with Gasteiger partial charge in [0.05, 0.1) is 0 Å². The van der Waals surface area contributed by atoms with Gasteiger partial charge in [0.1, 0.15) is 5.84 Å². The average Bonchev–Trinajstić information content (AvgIpc) is 2.81. The van der Waals surface area contributed by atoms with Crippen LogP contribution in [0.3, 0.4) is 0 Å². The number of hydrogen-bond acceptors (Lipinski definition) is 1. The summed E-state index contributed by atoms with van der Waals surface area (Å²) in [5, 5.41) is 8.61. The molecule has 0 aliphatic carbocycles. The molecule has 0 atom stereocenters. The molecule has 0 aromatic heterocycles. The molecule has 0 unspecified atom stereocenters. The standard InChI is InChI=1S/C28H41N3/c1-9-27(5,10-2)23-17-13-21(14-18-23)25(29)30-26(31(7)8)22-15-19-24(20-16-22)28(6,11-3)12-4/h13-20,29H,9-12H2,1-8H3/b29-25?,30-26-. The maximum Gasteiger partial charge on any atom is 0.154 e. The van der Waals surface area contributed by atoms with Crippen LogP contribution in [-0.2, 0) is 10.8 Å². The number of aliphatic imine (C=N–C) groups is 1. The van der Waals surface area contributed by atoms with Crippen LogP contribution >= 0.6 is 0 Å². The van der Waals surface area contributed by atoms with Gasteiger partial charge >= 0.3 is 0 Å². The van der Waals surface area contributed by atoms with Gasteiger partial charge in [-0.3, -0.25) is 5.41 Å². The summed E-state index contributed by atoms with van der Waals surface area (Å²) in [7, 11) is 3.97. The first kappa shape index (κ1) is 24.8. The average molecular weight is 420 g/mol. The second-order valence-electron chi connectivity index (χ2n) is 9.37. The monoisotopic (exact) mass is 419 g/mol. The topological polar surface area (TPSA) is 39.5 Å². The Hall–Kier alpha value is -2.42. The molecule has 0 radical (unpaired) electrons. The van der Waals surface area contributed by atoms with Gasteiger partial charge in [0.25, 0.3) is 0 Å². The van der Waals surface area contributed by atoms with E-state index in [2.05, 4.69) is 77.9 Å².